The number of anilines is 1. The van der Waals surface area contributed by atoms with Crippen LogP contribution in [-0.2, 0) is 19.7 Å². The highest BCUT2D eigenvalue weighted by atomic mass is 16.3. The van der Waals surface area contributed by atoms with E-state index in [0.29, 0.717) is 13.1 Å². The second-order valence-electron chi connectivity index (χ2n) is 3.91. The molecule has 0 unspecified atom stereocenters. The highest BCUT2D eigenvalue weighted by Gasteiger charge is 2.00. The van der Waals surface area contributed by atoms with Gasteiger partial charge in [-0.15, -0.1) is 5.10 Å². The van der Waals surface area contributed by atoms with Gasteiger partial charge in [-0.1, -0.05) is 17.3 Å². The van der Waals surface area contributed by atoms with Crippen molar-refractivity contribution in [1.82, 2.24) is 15.0 Å². The summed E-state index contributed by atoms with van der Waals surface area (Å²) in [5.74, 6) is 0. The lowest BCUT2D eigenvalue weighted by atomic mass is 10.2. The van der Waals surface area contributed by atoms with E-state index in [4.69, 9.17) is 10.2 Å². The number of aromatic nitrogens is 3. The molecule has 0 bridgehead atoms. The Balaban J connectivity index is 1.89. The number of nitrogens with zero attached hydrogens (tertiary/aromatic N) is 3. The normalized spacial score (nSPS) is 10.6. The van der Waals surface area contributed by atoms with Gasteiger partial charge in [0.2, 0.25) is 0 Å². The molecule has 2 rings (SSSR count). The van der Waals surface area contributed by atoms with Crippen LogP contribution in [0.1, 0.15) is 11.3 Å². The predicted octanol–water partition coefficient (Wildman–Crippen LogP) is 0.375. The van der Waals surface area contributed by atoms with Gasteiger partial charge in [0.05, 0.1) is 32.5 Å². The van der Waals surface area contributed by atoms with Gasteiger partial charge in [-0.3, -0.25) is 0 Å². The summed E-state index contributed by atoms with van der Waals surface area (Å²) in [6.45, 7) is 1.14. The largest absolute Gasteiger partial charge is 0.394 e. The van der Waals surface area contributed by atoms with E-state index in [-0.39, 0.29) is 13.2 Å². The van der Waals surface area contributed by atoms with Gasteiger partial charge in [-0.2, -0.15) is 0 Å². The first-order valence-corrected chi connectivity index (χ1v) is 5.75. The number of hydrogen-bond acceptors (Lipinski definition) is 5. The van der Waals surface area contributed by atoms with Crippen molar-refractivity contribution < 1.29 is 10.2 Å². The van der Waals surface area contributed by atoms with Crippen LogP contribution in [0.3, 0.4) is 0 Å². The second kappa shape index (κ2) is 6.13. The SMILES string of the molecule is OCCn1cc(CNc2ccc(CO)cc2)nn1. The summed E-state index contributed by atoms with van der Waals surface area (Å²) < 4.78 is 1.60. The molecule has 0 aliphatic carbocycles. The van der Waals surface area contributed by atoms with Gasteiger partial charge in [0.1, 0.15) is 5.69 Å². The third-order valence-corrected chi connectivity index (χ3v) is 2.53. The van der Waals surface area contributed by atoms with E-state index >= 15 is 0 Å². The van der Waals surface area contributed by atoms with Crippen LogP contribution < -0.4 is 5.32 Å². The summed E-state index contributed by atoms with van der Waals surface area (Å²) in [5.41, 5.74) is 2.66. The second-order valence-corrected chi connectivity index (χ2v) is 3.91. The molecule has 96 valence electrons. The Hall–Kier alpha value is -1.92. The number of benzene rings is 1. The van der Waals surface area contributed by atoms with Crippen LogP contribution in [0.25, 0.3) is 0 Å². The number of nitrogens with one attached hydrogen (secondary N) is 1. The van der Waals surface area contributed by atoms with Crippen molar-refractivity contribution in [2.45, 2.75) is 19.7 Å². The van der Waals surface area contributed by atoms with Crippen LogP contribution in [-0.4, -0.2) is 31.8 Å². The Labute approximate surface area is 105 Å². The van der Waals surface area contributed by atoms with Crippen molar-refractivity contribution >= 4 is 5.69 Å². The summed E-state index contributed by atoms with van der Waals surface area (Å²) >= 11 is 0. The molecule has 0 aliphatic heterocycles. The fourth-order valence-corrected chi connectivity index (χ4v) is 1.55. The van der Waals surface area contributed by atoms with Crippen LogP contribution in [0.2, 0.25) is 0 Å². The fourth-order valence-electron chi connectivity index (χ4n) is 1.55. The van der Waals surface area contributed by atoms with Crippen LogP contribution in [0.5, 0.6) is 0 Å². The first-order valence-electron chi connectivity index (χ1n) is 5.75. The molecule has 0 radical (unpaired) electrons. The molecule has 0 saturated heterocycles. The lowest BCUT2D eigenvalue weighted by Crippen LogP contribution is -2.02. The molecule has 2 aromatic rings. The van der Waals surface area contributed by atoms with Crippen LogP contribution in [0.15, 0.2) is 30.5 Å². The van der Waals surface area contributed by atoms with Crippen molar-refractivity contribution in [3.05, 3.63) is 41.7 Å². The molecule has 1 aromatic carbocycles. The van der Waals surface area contributed by atoms with Crippen molar-refractivity contribution in [3.63, 3.8) is 0 Å². The Bertz CT molecular complexity index is 481. The molecule has 0 saturated carbocycles. The van der Waals surface area contributed by atoms with Gasteiger partial charge < -0.3 is 15.5 Å². The van der Waals surface area contributed by atoms with E-state index < -0.39 is 0 Å². The molecular formula is C12H16N4O2. The van der Waals surface area contributed by atoms with Crippen LogP contribution in [0, 0.1) is 0 Å². The Morgan fingerprint density at radius 3 is 2.61 bits per heavy atom. The molecule has 0 atom stereocenters. The van der Waals surface area contributed by atoms with Gasteiger partial charge in [0, 0.05) is 5.69 Å². The van der Waals surface area contributed by atoms with E-state index in [1.54, 1.807) is 10.9 Å². The maximum atomic E-state index is 8.93. The third kappa shape index (κ3) is 3.28. The summed E-state index contributed by atoms with van der Waals surface area (Å²) in [6, 6.07) is 7.54. The van der Waals surface area contributed by atoms with Crippen molar-refractivity contribution in [2.24, 2.45) is 0 Å². The van der Waals surface area contributed by atoms with E-state index in [9.17, 15) is 0 Å². The van der Waals surface area contributed by atoms with Gasteiger partial charge in [0.15, 0.2) is 0 Å². The van der Waals surface area contributed by atoms with Crippen molar-refractivity contribution in [1.29, 1.82) is 0 Å². The predicted molar refractivity (Wildman–Crippen MR) is 66.8 cm³/mol. The number of rotatable bonds is 6. The molecule has 6 heteroatoms. The quantitative estimate of drug-likeness (QED) is 0.688. The Morgan fingerprint density at radius 2 is 1.94 bits per heavy atom. The highest BCUT2D eigenvalue weighted by Crippen LogP contribution is 2.10. The zero-order valence-electron chi connectivity index (χ0n) is 9.95. The number of hydrogen-bond donors (Lipinski definition) is 3. The van der Waals surface area contributed by atoms with Crippen molar-refractivity contribution in [3.8, 4) is 0 Å². The van der Waals surface area contributed by atoms with E-state index in [0.717, 1.165) is 16.9 Å². The molecule has 3 N–H and O–H groups in total. The zero-order valence-corrected chi connectivity index (χ0v) is 9.95. The molecule has 0 fully saturated rings. The average molecular weight is 248 g/mol. The van der Waals surface area contributed by atoms with Gasteiger partial charge >= 0.3 is 0 Å². The average Bonchev–Trinajstić information content (AvgIpc) is 2.85. The van der Waals surface area contributed by atoms with Crippen LogP contribution >= 0.6 is 0 Å². The minimum Gasteiger partial charge on any atom is -0.394 e. The first-order chi connectivity index (χ1) is 8.81. The highest BCUT2D eigenvalue weighted by molar-refractivity contribution is 5.44. The first kappa shape index (κ1) is 12.5. The number of aliphatic hydroxyl groups excluding tert-OH is 2. The zero-order chi connectivity index (χ0) is 12.8. The summed E-state index contributed by atoms with van der Waals surface area (Å²) in [5, 5.41) is 28.8. The van der Waals surface area contributed by atoms with Crippen molar-refractivity contribution in [2.75, 3.05) is 11.9 Å². The third-order valence-electron chi connectivity index (χ3n) is 2.53. The molecular weight excluding hydrogens is 232 g/mol. The van der Waals surface area contributed by atoms with Gasteiger partial charge in [0.25, 0.3) is 0 Å². The number of aliphatic hydroxyl groups is 2. The topological polar surface area (TPSA) is 83.2 Å². The summed E-state index contributed by atoms with van der Waals surface area (Å²) in [6.07, 6.45) is 1.80. The molecule has 6 nitrogen and oxygen atoms in total. The van der Waals surface area contributed by atoms with E-state index in [1.807, 2.05) is 24.3 Å². The Kier molecular flexibility index (Phi) is 4.27. The Morgan fingerprint density at radius 1 is 1.17 bits per heavy atom. The smallest absolute Gasteiger partial charge is 0.102 e. The van der Waals surface area contributed by atoms with Gasteiger partial charge in [-0.25, -0.2) is 4.68 Å². The maximum Gasteiger partial charge on any atom is 0.102 e. The van der Waals surface area contributed by atoms with E-state index in [1.165, 1.54) is 0 Å². The molecule has 1 aromatic heterocycles. The fraction of sp³-hybridized carbons (Fsp3) is 0.333. The monoisotopic (exact) mass is 248 g/mol. The maximum absolute atomic E-state index is 8.93. The summed E-state index contributed by atoms with van der Waals surface area (Å²) in [4.78, 5) is 0. The molecule has 0 spiro atoms. The lowest BCUT2D eigenvalue weighted by Gasteiger charge is -2.04. The minimum atomic E-state index is 0.0514. The van der Waals surface area contributed by atoms with Gasteiger partial charge in [-0.05, 0) is 17.7 Å². The van der Waals surface area contributed by atoms with E-state index in [2.05, 4.69) is 15.6 Å². The minimum absolute atomic E-state index is 0.0514. The molecule has 0 aliphatic rings. The summed E-state index contributed by atoms with van der Waals surface area (Å²) in [7, 11) is 0. The molecule has 1 heterocycles. The van der Waals surface area contributed by atoms with Crippen LogP contribution in [0.4, 0.5) is 5.69 Å². The molecule has 0 amide bonds. The standard InChI is InChI=1S/C12H16N4O2/c17-6-5-16-8-12(14-15-16)7-13-11-3-1-10(9-18)2-4-11/h1-4,8,13,17-18H,5-7,9H2. The lowest BCUT2D eigenvalue weighted by molar-refractivity contribution is 0.268. The molecule has 18 heavy (non-hydrogen) atoms.